The van der Waals surface area contributed by atoms with Gasteiger partial charge in [0, 0.05) is 31.1 Å². The van der Waals surface area contributed by atoms with Crippen molar-refractivity contribution in [3.05, 3.63) is 0 Å². The highest BCUT2D eigenvalue weighted by Crippen LogP contribution is 2.34. The summed E-state index contributed by atoms with van der Waals surface area (Å²) in [6.45, 7) is 4.29. The average Bonchev–Trinajstić information content (AvgIpc) is 3.42. The fourth-order valence-corrected chi connectivity index (χ4v) is 6.24. The molecular formula is C22H42N8O2. The molecule has 4 aliphatic heterocycles. The molecule has 5 rings (SSSR count). The van der Waals surface area contributed by atoms with Gasteiger partial charge in [-0.05, 0) is 52.2 Å². The number of rotatable bonds is 6. The molecule has 10 nitrogen and oxygen atoms in total. The standard InChI is InChI=1S/C22H42N8O2/c1-30-20(28-29-21(30)16-7-8-23-13-26-16)11-25-19-10-14(6-9-24-19)22(31)27-17-12-32-18-5-3-2-4-15(17)18/h14-21,23-26,28-29H,2-13H2,1H3,(H,27,31)/t14?,15?,16?,17-,18?,19?,20?,21?/m0/s1. The predicted molar refractivity (Wildman–Crippen MR) is 122 cm³/mol. The van der Waals surface area contributed by atoms with Gasteiger partial charge in [0.15, 0.2) is 0 Å². The second-order valence-electron chi connectivity index (χ2n) is 10.3. The number of likely N-dealkylation sites (N-methyl/N-ethyl adjacent to an activating group) is 1. The molecule has 7 N–H and O–H groups in total. The Bertz CT molecular complexity index is 633. The number of piperidine rings is 1. The second kappa shape index (κ2) is 10.6. The molecule has 1 saturated carbocycles. The molecule has 5 fully saturated rings. The molecule has 1 aliphatic carbocycles. The minimum atomic E-state index is 0.0652. The molecule has 0 spiro atoms. The molecule has 182 valence electrons. The van der Waals surface area contributed by atoms with Gasteiger partial charge in [-0.1, -0.05) is 12.8 Å². The minimum Gasteiger partial charge on any atom is -0.376 e. The number of fused-ring (bicyclic) bond motifs is 1. The molecule has 10 heteroatoms. The topological polar surface area (TPSA) is 114 Å². The van der Waals surface area contributed by atoms with E-state index in [4.69, 9.17) is 4.74 Å². The third kappa shape index (κ3) is 5.12. The van der Waals surface area contributed by atoms with Crippen molar-refractivity contribution in [3.8, 4) is 0 Å². The fraction of sp³-hybridized carbons (Fsp3) is 0.955. The first kappa shape index (κ1) is 22.9. The first-order chi connectivity index (χ1) is 15.7. The van der Waals surface area contributed by atoms with Gasteiger partial charge in [-0.15, -0.1) is 0 Å². The Morgan fingerprint density at radius 1 is 1.09 bits per heavy atom. The van der Waals surface area contributed by atoms with Gasteiger partial charge in [0.2, 0.25) is 5.91 Å². The Morgan fingerprint density at radius 2 is 2.00 bits per heavy atom. The van der Waals surface area contributed by atoms with Crippen molar-refractivity contribution >= 4 is 5.91 Å². The average molecular weight is 451 g/mol. The smallest absolute Gasteiger partial charge is 0.223 e. The van der Waals surface area contributed by atoms with Crippen LogP contribution in [0.1, 0.15) is 44.9 Å². The molecule has 0 aromatic carbocycles. The number of amides is 1. The van der Waals surface area contributed by atoms with Gasteiger partial charge in [-0.2, -0.15) is 0 Å². The van der Waals surface area contributed by atoms with Crippen molar-refractivity contribution < 1.29 is 9.53 Å². The van der Waals surface area contributed by atoms with Crippen LogP contribution >= 0.6 is 0 Å². The zero-order valence-electron chi connectivity index (χ0n) is 19.4. The zero-order valence-corrected chi connectivity index (χ0v) is 19.4. The summed E-state index contributed by atoms with van der Waals surface area (Å²) in [5.74, 6) is 0.797. The lowest BCUT2D eigenvalue weighted by molar-refractivity contribution is -0.127. The number of carbonyl (C=O) groups is 1. The molecule has 0 radical (unpaired) electrons. The molecule has 1 amide bonds. The molecule has 7 unspecified atom stereocenters. The SMILES string of the molecule is CN1C(CNC2CC(C(=O)N[C@H]3COC4CCCCC43)CCN2)NNC1C1CCNCN1. The number of nitrogens with one attached hydrogen (secondary N) is 7. The van der Waals surface area contributed by atoms with Gasteiger partial charge < -0.3 is 20.7 Å². The molecule has 0 aromatic heterocycles. The Balaban J connectivity index is 1.06. The third-order valence-corrected chi connectivity index (χ3v) is 8.25. The molecule has 5 aliphatic rings. The molecule has 32 heavy (non-hydrogen) atoms. The van der Waals surface area contributed by atoms with Crippen LogP contribution in [0, 0.1) is 11.8 Å². The number of nitrogens with zero attached hydrogens (tertiary/aromatic N) is 1. The molecule has 0 aromatic rings. The van der Waals surface area contributed by atoms with Crippen LogP contribution in [0.5, 0.6) is 0 Å². The van der Waals surface area contributed by atoms with E-state index in [2.05, 4.69) is 49.4 Å². The lowest BCUT2D eigenvalue weighted by atomic mass is 9.83. The first-order valence-electron chi connectivity index (χ1n) is 12.7. The van der Waals surface area contributed by atoms with Crippen molar-refractivity contribution in [1.82, 2.24) is 42.3 Å². The van der Waals surface area contributed by atoms with Gasteiger partial charge >= 0.3 is 0 Å². The van der Waals surface area contributed by atoms with Crippen molar-refractivity contribution in [2.24, 2.45) is 11.8 Å². The number of carbonyl (C=O) groups excluding carboxylic acids is 1. The van der Waals surface area contributed by atoms with Crippen molar-refractivity contribution in [1.29, 1.82) is 0 Å². The number of hydrogen-bond donors (Lipinski definition) is 7. The van der Waals surface area contributed by atoms with Crippen LogP contribution in [0.2, 0.25) is 0 Å². The maximum atomic E-state index is 13.0. The van der Waals surface area contributed by atoms with E-state index in [9.17, 15) is 4.79 Å². The van der Waals surface area contributed by atoms with Crippen molar-refractivity contribution in [2.75, 3.05) is 40.0 Å². The van der Waals surface area contributed by atoms with Crippen LogP contribution in [0.15, 0.2) is 0 Å². The summed E-state index contributed by atoms with van der Waals surface area (Å²) in [4.78, 5) is 15.4. The quantitative estimate of drug-likeness (QED) is 0.262. The van der Waals surface area contributed by atoms with Crippen LogP contribution in [0.25, 0.3) is 0 Å². The molecule has 8 atom stereocenters. The van der Waals surface area contributed by atoms with Crippen molar-refractivity contribution in [2.45, 2.75) is 81.6 Å². The number of ether oxygens (including phenoxy) is 1. The van der Waals surface area contributed by atoms with E-state index >= 15 is 0 Å². The lowest BCUT2D eigenvalue weighted by Crippen LogP contribution is -2.58. The summed E-state index contributed by atoms with van der Waals surface area (Å²) in [5, 5.41) is 17.4. The van der Waals surface area contributed by atoms with Crippen molar-refractivity contribution in [3.63, 3.8) is 0 Å². The van der Waals surface area contributed by atoms with Gasteiger partial charge in [0.1, 0.15) is 0 Å². The summed E-state index contributed by atoms with van der Waals surface area (Å²) in [7, 11) is 2.17. The highest BCUT2D eigenvalue weighted by molar-refractivity contribution is 5.79. The molecular weight excluding hydrogens is 408 g/mol. The van der Waals surface area contributed by atoms with Crippen LogP contribution in [-0.4, -0.2) is 87.4 Å². The summed E-state index contributed by atoms with van der Waals surface area (Å²) in [6, 6.07) is 0.639. The largest absolute Gasteiger partial charge is 0.376 e. The van der Waals surface area contributed by atoms with Gasteiger partial charge in [-0.25, -0.2) is 10.9 Å². The Hall–Kier alpha value is -0.850. The Kier molecular flexibility index (Phi) is 7.60. The highest BCUT2D eigenvalue weighted by Gasteiger charge is 2.41. The van der Waals surface area contributed by atoms with Gasteiger partial charge in [0.05, 0.1) is 37.3 Å². The van der Waals surface area contributed by atoms with E-state index < -0.39 is 0 Å². The Morgan fingerprint density at radius 3 is 2.88 bits per heavy atom. The van der Waals surface area contributed by atoms with Crippen LogP contribution < -0.4 is 37.4 Å². The molecule has 4 heterocycles. The normalized spacial score (nSPS) is 43.2. The maximum Gasteiger partial charge on any atom is 0.223 e. The molecule has 0 bridgehead atoms. The second-order valence-corrected chi connectivity index (χ2v) is 10.3. The Labute approximate surface area is 191 Å². The van der Waals surface area contributed by atoms with E-state index in [1.807, 2.05) is 0 Å². The van der Waals surface area contributed by atoms with Crippen LogP contribution in [-0.2, 0) is 9.53 Å². The summed E-state index contributed by atoms with van der Waals surface area (Å²) < 4.78 is 5.97. The summed E-state index contributed by atoms with van der Waals surface area (Å²) in [5.41, 5.74) is 6.89. The van der Waals surface area contributed by atoms with E-state index in [-0.39, 0.29) is 36.4 Å². The number of hydrogen-bond acceptors (Lipinski definition) is 9. The van der Waals surface area contributed by atoms with E-state index in [0.29, 0.717) is 24.7 Å². The summed E-state index contributed by atoms with van der Waals surface area (Å²) >= 11 is 0. The van der Waals surface area contributed by atoms with Gasteiger partial charge in [-0.3, -0.25) is 20.3 Å². The first-order valence-corrected chi connectivity index (χ1v) is 12.7. The lowest BCUT2D eigenvalue weighted by Gasteiger charge is -2.35. The predicted octanol–water partition coefficient (Wildman–Crippen LogP) is -1.42. The highest BCUT2D eigenvalue weighted by atomic mass is 16.5. The minimum absolute atomic E-state index is 0.0652. The van der Waals surface area contributed by atoms with E-state index in [1.165, 1.54) is 19.3 Å². The number of hydrazine groups is 1. The monoisotopic (exact) mass is 450 g/mol. The zero-order chi connectivity index (χ0) is 21.9. The fourth-order valence-electron chi connectivity index (χ4n) is 6.24. The molecule has 4 saturated heterocycles. The van der Waals surface area contributed by atoms with Crippen LogP contribution in [0.4, 0.5) is 0 Å². The summed E-state index contributed by atoms with van der Waals surface area (Å²) in [6.07, 6.45) is 8.73. The van der Waals surface area contributed by atoms with Gasteiger partial charge in [0.25, 0.3) is 0 Å². The maximum absolute atomic E-state index is 13.0. The van der Waals surface area contributed by atoms with E-state index in [0.717, 1.165) is 52.0 Å². The third-order valence-electron chi connectivity index (χ3n) is 8.25. The van der Waals surface area contributed by atoms with Crippen LogP contribution in [0.3, 0.4) is 0 Å². The van der Waals surface area contributed by atoms with E-state index in [1.54, 1.807) is 0 Å².